The first-order chi connectivity index (χ1) is 14.3. The Morgan fingerprint density at radius 1 is 1.03 bits per heavy atom. The van der Waals surface area contributed by atoms with E-state index in [4.69, 9.17) is 0 Å². The number of piperidine rings is 1. The number of carbonyl (C=O) groups excluding carboxylic acids is 1. The molecule has 1 aromatic heterocycles. The number of nitrogens with zero attached hydrogens (tertiary/aromatic N) is 2. The second-order valence-corrected chi connectivity index (χ2v) is 8.10. The largest absolute Gasteiger partial charge is 0.338 e. The monoisotopic (exact) mass is 386 g/mol. The second kappa shape index (κ2) is 7.93. The minimum Gasteiger partial charge on any atom is -0.338 e. The fourth-order valence-electron chi connectivity index (χ4n) is 4.92. The molecule has 29 heavy (non-hydrogen) atoms. The summed E-state index contributed by atoms with van der Waals surface area (Å²) >= 11 is 0. The molecule has 2 aromatic carbocycles. The van der Waals surface area contributed by atoms with Crippen LogP contribution in [0.3, 0.4) is 0 Å². The van der Waals surface area contributed by atoms with E-state index >= 15 is 0 Å². The van der Waals surface area contributed by atoms with E-state index in [2.05, 4.69) is 46.2 Å². The van der Waals surface area contributed by atoms with Crippen molar-refractivity contribution >= 4 is 16.8 Å². The van der Waals surface area contributed by atoms with E-state index in [1.807, 2.05) is 35.2 Å². The van der Waals surface area contributed by atoms with E-state index in [1.165, 1.54) is 5.56 Å². The van der Waals surface area contributed by atoms with Crippen molar-refractivity contribution in [3.8, 4) is 0 Å². The number of carbonyl (C=O) groups is 1. The highest BCUT2D eigenvalue weighted by Crippen LogP contribution is 2.32. The predicted octanol–water partition coefficient (Wildman–Crippen LogP) is 3.35. The number of nitrogens with one attached hydrogen (secondary N) is 2. The van der Waals surface area contributed by atoms with Crippen LogP contribution < -0.4 is 10.9 Å². The number of aromatic nitrogens is 1. The molecule has 0 spiro atoms. The van der Waals surface area contributed by atoms with Crippen LogP contribution in [0.1, 0.15) is 34.7 Å². The van der Waals surface area contributed by atoms with Gasteiger partial charge in [-0.05, 0) is 36.5 Å². The topological polar surface area (TPSA) is 57.3 Å². The molecule has 148 valence electrons. The molecule has 0 saturated carbocycles. The average molecular weight is 386 g/mol. The van der Waals surface area contributed by atoms with Crippen LogP contribution in [0.25, 0.3) is 10.9 Å². The predicted molar refractivity (Wildman–Crippen MR) is 114 cm³/mol. The Balaban J connectivity index is 1.37. The first-order valence-electron chi connectivity index (χ1n) is 10.5. The van der Waals surface area contributed by atoms with Gasteiger partial charge in [-0.25, -0.2) is 0 Å². The highest BCUT2D eigenvalue weighted by atomic mass is 16.2. The van der Waals surface area contributed by atoms with Crippen molar-refractivity contribution in [3.05, 3.63) is 78.0 Å². The van der Waals surface area contributed by atoms with Crippen LogP contribution in [-0.2, 0) is 0 Å². The third-order valence-corrected chi connectivity index (χ3v) is 6.37. The molecule has 5 heteroatoms. The van der Waals surface area contributed by atoms with E-state index in [9.17, 15) is 4.79 Å². The average Bonchev–Trinajstić information content (AvgIpc) is 3.29. The molecule has 0 bridgehead atoms. The zero-order valence-electron chi connectivity index (χ0n) is 16.4. The summed E-state index contributed by atoms with van der Waals surface area (Å²) in [6.07, 6.45) is 3.94. The van der Waals surface area contributed by atoms with E-state index in [1.54, 1.807) is 6.20 Å². The second-order valence-electron chi connectivity index (χ2n) is 8.10. The number of amides is 1. The van der Waals surface area contributed by atoms with Gasteiger partial charge in [-0.3, -0.25) is 20.6 Å². The highest BCUT2D eigenvalue weighted by molar-refractivity contribution is 6.05. The van der Waals surface area contributed by atoms with Gasteiger partial charge in [0.25, 0.3) is 5.91 Å². The van der Waals surface area contributed by atoms with E-state index < -0.39 is 0 Å². The number of benzene rings is 2. The number of hydrogen-bond donors (Lipinski definition) is 2. The maximum atomic E-state index is 13.4. The van der Waals surface area contributed by atoms with Gasteiger partial charge in [0.05, 0.1) is 11.1 Å². The Hall–Kier alpha value is -2.76. The van der Waals surface area contributed by atoms with Crippen molar-refractivity contribution < 1.29 is 4.79 Å². The maximum Gasteiger partial charge on any atom is 0.256 e. The molecule has 2 saturated heterocycles. The number of likely N-dealkylation sites (tertiary alicyclic amines) is 1. The van der Waals surface area contributed by atoms with Gasteiger partial charge in [-0.15, -0.1) is 0 Å². The van der Waals surface area contributed by atoms with Crippen LogP contribution in [0.15, 0.2) is 66.9 Å². The summed E-state index contributed by atoms with van der Waals surface area (Å²) < 4.78 is 0. The molecule has 0 radical (unpaired) electrons. The summed E-state index contributed by atoms with van der Waals surface area (Å²) in [5.41, 5.74) is 9.72. The Labute approximate surface area is 171 Å². The summed E-state index contributed by atoms with van der Waals surface area (Å²) in [5.74, 6) is 0.951. The Morgan fingerprint density at radius 2 is 1.90 bits per heavy atom. The smallest absolute Gasteiger partial charge is 0.256 e. The summed E-state index contributed by atoms with van der Waals surface area (Å²) in [5, 5.41) is 1.01. The molecule has 2 aliphatic rings. The van der Waals surface area contributed by atoms with Gasteiger partial charge in [-0.2, -0.15) is 0 Å². The van der Waals surface area contributed by atoms with Crippen molar-refractivity contribution in [3.63, 3.8) is 0 Å². The molecular formula is C24H26N4O. The highest BCUT2D eigenvalue weighted by Gasteiger charge is 2.37. The first-order valence-corrected chi connectivity index (χ1v) is 10.5. The minimum atomic E-state index is 0.0983. The van der Waals surface area contributed by atoms with E-state index in [0.717, 1.165) is 43.4 Å². The molecule has 2 fully saturated rings. The number of rotatable bonds is 3. The molecular weight excluding hydrogens is 360 g/mol. The molecule has 3 atom stereocenters. The van der Waals surface area contributed by atoms with Gasteiger partial charge in [0.1, 0.15) is 0 Å². The van der Waals surface area contributed by atoms with Gasteiger partial charge in [-0.1, -0.05) is 48.5 Å². The maximum absolute atomic E-state index is 13.4. The van der Waals surface area contributed by atoms with Crippen molar-refractivity contribution in [2.75, 3.05) is 19.6 Å². The lowest BCUT2D eigenvalue weighted by atomic mass is 9.81. The summed E-state index contributed by atoms with van der Waals surface area (Å²) in [6, 6.07) is 20.8. The van der Waals surface area contributed by atoms with Crippen LogP contribution in [0, 0.1) is 5.92 Å². The lowest BCUT2D eigenvalue weighted by Gasteiger charge is -2.37. The van der Waals surface area contributed by atoms with Crippen LogP contribution in [0.4, 0.5) is 0 Å². The molecule has 3 unspecified atom stereocenters. The normalized spacial score (nSPS) is 24.7. The minimum absolute atomic E-state index is 0.0983. The third kappa shape index (κ3) is 3.52. The molecule has 5 rings (SSSR count). The number of pyridine rings is 1. The number of fused-ring (bicyclic) bond motifs is 1. The number of para-hydroxylation sites is 1. The van der Waals surface area contributed by atoms with E-state index in [0.29, 0.717) is 23.4 Å². The summed E-state index contributed by atoms with van der Waals surface area (Å²) in [6.45, 7) is 2.52. The van der Waals surface area contributed by atoms with Crippen LogP contribution in [0.2, 0.25) is 0 Å². The van der Waals surface area contributed by atoms with Crippen molar-refractivity contribution in [1.29, 1.82) is 0 Å². The van der Waals surface area contributed by atoms with Crippen LogP contribution in [-0.4, -0.2) is 41.5 Å². The number of hydrazine groups is 1. The molecule has 2 aliphatic heterocycles. The van der Waals surface area contributed by atoms with Gasteiger partial charge in [0.2, 0.25) is 0 Å². The Kier molecular flexibility index (Phi) is 5.00. The van der Waals surface area contributed by atoms with Gasteiger partial charge >= 0.3 is 0 Å². The number of hydrogen-bond acceptors (Lipinski definition) is 4. The fraction of sp³-hybridized carbons (Fsp3) is 0.333. The first kappa shape index (κ1) is 18.3. The van der Waals surface area contributed by atoms with Crippen molar-refractivity contribution in [2.45, 2.75) is 24.8 Å². The standard InChI is InChI=1S/C24H26N4O/c29-24(20-12-4-9-18-10-5-13-25-22(18)20)28-14-6-11-19(16-28)23-21(15-26-27-23)17-7-2-1-3-8-17/h1-5,7-10,12-13,19,21,23,26-27H,6,11,14-16H2. The quantitative estimate of drug-likeness (QED) is 0.725. The Morgan fingerprint density at radius 3 is 2.79 bits per heavy atom. The van der Waals surface area contributed by atoms with Crippen LogP contribution >= 0.6 is 0 Å². The van der Waals surface area contributed by atoms with Gasteiger partial charge in [0.15, 0.2) is 0 Å². The van der Waals surface area contributed by atoms with Crippen LogP contribution in [0.5, 0.6) is 0 Å². The lowest BCUT2D eigenvalue weighted by molar-refractivity contribution is 0.0646. The van der Waals surface area contributed by atoms with Crippen molar-refractivity contribution in [1.82, 2.24) is 20.7 Å². The molecule has 2 N–H and O–H groups in total. The zero-order chi connectivity index (χ0) is 19.6. The lowest BCUT2D eigenvalue weighted by Crippen LogP contribution is -2.48. The fourth-order valence-corrected chi connectivity index (χ4v) is 4.92. The van der Waals surface area contributed by atoms with E-state index in [-0.39, 0.29) is 5.91 Å². The molecule has 0 aliphatic carbocycles. The third-order valence-electron chi connectivity index (χ3n) is 6.37. The zero-order valence-corrected chi connectivity index (χ0v) is 16.4. The van der Waals surface area contributed by atoms with Crippen molar-refractivity contribution in [2.24, 2.45) is 5.92 Å². The summed E-state index contributed by atoms with van der Waals surface area (Å²) in [4.78, 5) is 19.9. The van der Waals surface area contributed by atoms with Gasteiger partial charge in [0, 0.05) is 43.2 Å². The Bertz CT molecular complexity index is 1000. The molecule has 3 heterocycles. The van der Waals surface area contributed by atoms with Gasteiger partial charge < -0.3 is 4.90 Å². The summed E-state index contributed by atoms with van der Waals surface area (Å²) in [7, 11) is 0. The molecule has 3 aromatic rings. The molecule has 1 amide bonds. The molecule has 5 nitrogen and oxygen atoms in total. The SMILES string of the molecule is O=C(c1cccc2cccnc12)N1CCCC(C2NNCC2c2ccccc2)C1.